The molecule has 0 radical (unpaired) electrons. The molecule has 1 N–H and O–H groups in total. The normalized spacial score (nSPS) is 17.3. The predicted molar refractivity (Wildman–Crippen MR) is 133 cm³/mol. The number of hydrogen-bond acceptors (Lipinski definition) is 3. The van der Waals surface area contributed by atoms with Crippen LogP contribution < -0.4 is 5.32 Å². The van der Waals surface area contributed by atoms with E-state index in [9.17, 15) is 4.39 Å². The summed E-state index contributed by atoms with van der Waals surface area (Å²) in [4.78, 5) is 7.14. The van der Waals surface area contributed by atoms with E-state index in [1.165, 1.54) is 18.6 Å². The molecule has 1 atom stereocenters. The van der Waals surface area contributed by atoms with E-state index in [1.807, 2.05) is 60.8 Å². The van der Waals surface area contributed by atoms with Gasteiger partial charge in [-0.1, -0.05) is 54.9 Å². The molecule has 164 valence electrons. The number of piperidine rings is 1. The van der Waals surface area contributed by atoms with Gasteiger partial charge in [-0.15, -0.1) is 0 Å². The fourth-order valence-electron chi connectivity index (χ4n) is 3.97. The first-order chi connectivity index (χ1) is 15.6. The maximum Gasteiger partial charge on any atom is 0.123 e. The van der Waals surface area contributed by atoms with Gasteiger partial charge in [-0.05, 0) is 61.2 Å². The highest BCUT2D eigenvalue weighted by Crippen LogP contribution is 2.31. The third-order valence-corrected chi connectivity index (χ3v) is 5.93. The number of anilines is 1. The Hall–Kier alpha value is -3.11. The maximum absolute atomic E-state index is 13.5. The van der Waals surface area contributed by atoms with Crippen molar-refractivity contribution in [1.82, 2.24) is 4.90 Å². The summed E-state index contributed by atoms with van der Waals surface area (Å²) in [5.74, 6) is 0.316. The van der Waals surface area contributed by atoms with Crippen LogP contribution in [0.2, 0.25) is 5.02 Å². The maximum atomic E-state index is 13.5. The number of para-hydroxylation sites is 1. The lowest BCUT2D eigenvalue weighted by molar-refractivity contribution is 0.240. The van der Waals surface area contributed by atoms with Crippen molar-refractivity contribution in [3.05, 3.63) is 101 Å². The molecular weight excluding hydrogens is 421 g/mol. The minimum absolute atomic E-state index is 0.269. The molecule has 0 spiro atoms. The van der Waals surface area contributed by atoms with Crippen LogP contribution >= 0.6 is 11.6 Å². The number of aliphatic imine (C=N–C) groups is 1. The molecule has 0 aromatic heterocycles. The minimum Gasteiger partial charge on any atom is -0.368 e. The second-order valence-electron chi connectivity index (χ2n) is 8.16. The molecule has 5 heteroatoms. The summed E-state index contributed by atoms with van der Waals surface area (Å²) in [5, 5.41) is 4.15. The van der Waals surface area contributed by atoms with E-state index in [2.05, 4.69) is 17.1 Å². The lowest BCUT2D eigenvalue weighted by Gasteiger charge is -2.35. The Balaban J connectivity index is 1.85. The zero-order valence-corrected chi connectivity index (χ0v) is 18.9. The van der Waals surface area contributed by atoms with Gasteiger partial charge < -0.3 is 10.2 Å². The Morgan fingerprint density at radius 2 is 1.75 bits per heavy atom. The van der Waals surface area contributed by atoms with E-state index in [0.717, 1.165) is 47.8 Å². The van der Waals surface area contributed by atoms with Crippen molar-refractivity contribution < 1.29 is 4.39 Å². The molecule has 0 bridgehead atoms. The lowest BCUT2D eigenvalue weighted by atomic mass is 9.99. The number of nitrogens with zero attached hydrogens (tertiary/aromatic N) is 2. The quantitative estimate of drug-likeness (QED) is 0.399. The van der Waals surface area contributed by atoms with Crippen LogP contribution in [0.4, 0.5) is 15.8 Å². The second-order valence-corrected chi connectivity index (χ2v) is 8.57. The van der Waals surface area contributed by atoms with Gasteiger partial charge >= 0.3 is 0 Å². The first-order valence-corrected chi connectivity index (χ1v) is 11.3. The van der Waals surface area contributed by atoms with Crippen LogP contribution in [0.25, 0.3) is 5.70 Å². The fourth-order valence-corrected chi connectivity index (χ4v) is 4.20. The highest BCUT2D eigenvalue weighted by atomic mass is 35.5. The molecule has 0 aliphatic carbocycles. The zero-order chi connectivity index (χ0) is 22.3. The summed E-state index contributed by atoms with van der Waals surface area (Å²) in [6.07, 6.45) is 4.26. The summed E-state index contributed by atoms with van der Waals surface area (Å²) in [5.41, 5.74) is 4.38. The standard InChI is InChI=1S/C27H27ClFN3/c1-20-8-7-17-32(19-20)26(18-30-22-9-3-2-4-10-22)27(24-11-5-6-12-25(24)28)31-23-15-13-21(29)14-16-23/h2-6,9-16,18,20,31H,7-8,17,19H2,1H3/b27-26-,30-18?. The first kappa shape index (κ1) is 22.1. The molecule has 1 fully saturated rings. The average molecular weight is 448 g/mol. The SMILES string of the molecule is CC1CCCN(/C(C=Nc2ccccc2)=C(\Nc2ccc(F)cc2)c2ccccc2Cl)C1. The van der Waals surface area contributed by atoms with Gasteiger partial charge in [0.15, 0.2) is 0 Å². The van der Waals surface area contributed by atoms with E-state index >= 15 is 0 Å². The molecule has 1 aliphatic heterocycles. The van der Waals surface area contributed by atoms with Crippen LogP contribution in [-0.4, -0.2) is 24.2 Å². The Kier molecular flexibility index (Phi) is 7.23. The van der Waals surface area contributed by atoms with Crippen LogP contribution in [0.15, 0.2) is 89.6 Å². The fraction of sp³-hybridized carbons (Fsp3) is 0.222. The second kappa shape index (κ2) is 10.5. The average Bonchev–Trinajstić information content (AvgIpc) is 2.81. The predicted octanol–water partition coefficient (Wildman–Crippen LogP) is 7.39. The molecule has 32 heavy (non-hydrogen) atoms. The van der Waals surface area contributed by atoms with Crippen molar-refractivity contribution in [3.63, 3.8) is 0 Å². The van der Waals surface area contributed by atoms with E-state index in [0.29, 0.717) is 10.9 Å². The van der Waals surface area contributed by atoms with E-state index in [4.69, 9.17) is 16.6 Å². The summed E-state index contributed by atoms with van der Waals surface area (Å²) in [6, 6.07) is 24.0. The van der Waals surface area contributed by atoms with Gasteiger partial charge in [0.2, 0.25) is 0 Å². The van der Waals surface area contributed by atoms with Gasteiger partial charge in [-0.2, -0.15) is 0 Å². The van der Waals surface area contributed by atoms with Crippen molar-refractivity contribution >= 4 is 34.9 Å². The van der Waals surface area contributed by atoms with Crippen LogP contribution in [0, 0.1) is 11.7 Å². The van der Waals surface area contributed by atoms with Crippen LogP contribution in [0.5, 0.6) is 0 Å². The van der Waals surface area contributed by atoms with Crippen LogP contribution in [-0.2, 0) is 0 Å². The van der Waals surface area contributed by atoms with Gasteiger partial charge in [0, 0.05) is 29.4 Å². The summed E-state index contributed by atoms with van der Waals surface area (Å²) < 4.78 is 13.5. The van der Waals surface area contributed by atoms with Gasteiger partial charge in [0.05, 0.1) is 23.3 Å². The molecule has 3 nitrogen and oxygen atoms in total. The number of likely N-dealkylation sites (tertiary alicyclic amines) is 1. The van der Waals surface area contributed by atoms with Gasteiger partial charge in [0.25, 0.3) is 0 Å². The van der Waals surface area contributed by atoms with Crippen molar-refractivity contribution in [2.24, 2.45) is 10.9 Å². The van der Waals surface area contributed by atoms with Crippen molar-refractivity contribution in [1.29, 1.82) is 0 Å². The van der Waals surface area contributed by atoms with Crippen LogP contribution in [0.1, 0.15) is 25.3 Å². The molecule has 1 saturated heterocycles. The molecule has 0 amide bonds. The number of halogens is 2. The van der Waals surface area contributed by atoms with Crippen molar-refractivity contribution in [2.45, 2.75) is 19.8 Å². The van der Waals surface area contributed by atoms with E-state index in [1.54, 1.807) is 12.1 Å². The molecular formula is C27H27ClFN3. The third kappa shape index (κ3) is 5.57. The summed E-state index contributed by atoms with van der Waals surface area (Å²) in [7, 11) is 0. The summed E-state index contributed by atoms with van der Waals surface area (Å²) >= 11 is 6.64. The molecule has 1 unspecified atom stereocenters. The third-order valence-electron chi connectivity index (χ3n) is 5.60. The summed E-state index contributed by atoms with van der Waals surface area (Å²) in [6.45, 7) is 4.16. The highest BCUT2D eigenvalue weighted by molar-refractivity contribution is 6.32. The molecule has 4 rings (SSSR count). The highest BCUT2D eigenvalue weighted by Gasteiger charge is 2.22. The number of benzene rings is 3. The van der Waals surface area contributed by atoms with Gasteiger partial charge in [-0.3, -0.25) is 4.99 Å². The number of nitrogens with one attached hydrogen (secondary N) is 1. The topological polar surface area (TPSA) is 27.6 Å². The van der Waals surface area contributed by atoms with E-state index in [-0.39, 0.29) is 5.82 Å². The number of rotatable bonds is 6. The van der Waals surface area contributed by atoms with Crippen LogP contribution in [0.3, 0.4) is 0 Å². The molecule has 0 saturated carbocycles. The Bertz CT molecular complexity index is 1090. The Morgan fingerprint density at radius 3 is 2.47 bits per heavy atom. The van der Waals surface area contributed by atoms with Gasteiger partial charge in [0.1, 0.15) is 5.82 Å². The molecule has 1 aliphatic rings. The number of allylic oxidation sites excluding steroid dienone is 1. The molecule has 1 heterocycles. The zero-order valence-electron chi connectivity index (χ0n) is 18.1. The largest absolute Gasteiger partial charge is 0.368 e. The van der Waals surface area contributed by atoms with Crippen molar-refractivity contribution in [3.8, 4) is 0 Å². The Labute approximate surface area is 194 Å². The lowest BCUT2D eigenvalue weighted by Crippen LogP contribution is -2.35. The van der Waals surface area contributed by atoms with E-state index < -0.39 is 0 Å². The minimum atomic E-state index is -0.269. The molecule has 3 aromatic carbocycles. The monoisotopic (exact) mass is 447 g/mol. The smallest absolute Gasteiger partial charge is 0.123 e. The van der Waals surface area contributed by atoms with Crippen molar-refractivity contribution in [2.75, 3.05) is 18.4 Å². The Morgan fingerprint density at radius 1 is 1.03 bits per heavy atom. The number of hydrogen-bond donors (Lipinski definition) is 1. The first-order valence-electron chi connectivity index (χ1n) is 11.0. The van der Waals surface area contributed by atoms with Gasteiger partial charge in [-0.25, -0.2) is 4.39 Å². The molecule has 3 aromatic rings.